The van der Waals surface area contributed by atoms with Gasteiger partial charge in [0.25, 0.3) is 0 Å². The first-order valence-electron chi connectivity index (χ1n) is 9.10. The molecular formula is C19H24ClN7O2. The molecule has 1 aliphatic rings. The van der Waals surface area contributed by atoms with Gasteiger partial charge in [0.15, 0.2) is 5.82 Å². The van der Waals surface area contributed by atoms with E-state index in [0.717, 1.165) is 5.69 Å². The van der Waals surface area contributed by atoms with E-state index in [2.05, 4.69) is 21.7 Å². The van der Waals surface area contributed by atoms with Crippen molar-refractivity contribution in [1.82, 2.24) is 14.7 Å². The van der Waals surface area contributed by atoms with Gasteiger partial charge in [-0.3, -0.25) is 10.2 Å². The number of ether oxygens (including phenoxy) is 1. The van der Waals surface area contributed by atoms with Crippen molar-refractivity contribution < 1.29 is 9.53 Å². The summed E-state index contributed by atoms with van der Waals surface area (Å²) in [7, 11) is 1.59. The number of rotatable bonds is 6. The minimum absolute atomic E-state index is 0.0250. The summed E-state index contributed by atoms with van der Waals surface area (Å²) in [4.78, 5) is 20.7. The van der Waals surface area contributed by atoms with Crippen molar-refractivity contribution in [2.24, 2.45) is 10.7 Å². The van der Waals surface area contributed by atoms with E-state index in [-0.39, 0.29) is 18.3 Å². The number of methoxy groups -OCH3 is 1. The molecule has 10 heteroatoms. The minimum Gasteiger partial charge on any atom is -0.495 e. The third kappa shape index (κ3) is 4.19. The molecule has 3 rings (SSSR count). The maximum atomic E-state index is 12.8. The molecule has 2 heterocycles. The van der Waals surface area contributed by atoms with Gasteiger partial charge < -0.3 is 20.3 Å². The molecule has 0 unspecified atom stereocenters. The Morgan fingerprint density at radius 2 is 2.07 bits per heavy atom. The normalized spacial score (nSPS) is 14.0. The number of benzene rings is 1. The number of carbonyl (C=O) groups is 1. The fourth-order valence-electron chi connectivity index (χ4n) is 3.40. The maximum absolute atomic E-state index is 12.8. The minimum atomic E-state index is -0.161. The monoisotopic (exact) mass is 417 g/mol. The number of aromatic nitrogens is 2. The largest absolute Gasteiger partial charge is 0.495 e. The molecule has 0 atom stereocenters. The second-order valence-corrected chi connectivity index (χ2v) is 7.12. The number of amides is 1. The Labute approximate surface area is 174 Å². The highest BCUT2D eigenvalue weighted by molar-refractivity contribution is 6.32. The third-order valence-electron chi connectivity index (χ3n) is 4.98. The van der Waals surface area contributed by atoms with Gasteiger partial charge in [0, 0.05) is 43.5 Å². The Morgan fingerprint density at radius 3 is 2.66 bits per heavy atom. The number of nitrogens with one attached hydrogen (secondary N) is 1. The number of nitrogen functional groups attached to an aromatic ring is 1. The van der Waals surface area contributed by atoms with Crippen LogP contribution in [0, 0.1) is 12.3 Å². The van der Waals surface area contributed by atoms with Crippen LogP contribution in [-0.4, -0.2) is 66.4 Å². The molecule has 0 radical (unpaired) electrons. The molecule has 3 N–H and O–H groups in total. The van der Waals surface area contributed by atoms with E-state index in [9.17, 15) is 4.79 Å². The van der Waals surface area contributed by atoms with Crippen molar-refractivity contribution in [2.75, 3.05) is 38.2 Å². The molecule has 1 aliphatic heterocycles. The first kappa shape index (κ1) is 20.7. The average Bonchev–Trinajstić information content (AvgIpc) is 3.03. The lowest BCUT2D eigenvalue weighted by Gasteiger charge is -2.36. The molecule has 1 fully saturated rings. The van der Waals surface area contributed by atoms with Crippen molar-refractivity contribution in [3.8, 4) is 5.75 Å². The van der Waals surface area contributed by atoms with Crippen LogP contribution in [0.3, 0.4) is 0 Å². The number of anilines is 1. The Balaban J connectivity index is 1.66. The van der Waals surface area contributed by atoms with E-state index in [0.29, 0.717) is 54.0 Å². The van der Waals surface area contributed by atoms with Gasteiger partial charge in [-0.1, -0.05) is 11.6 Å². The predicted octanol–water partition coefficient (Wildman–Crippen LogP) is 1.82. The zero-order valence-electron chi connectivity index (χ0n) is 16.5. The topological polar surface area (TPSA) is 113 Å². The van der Waals surface area contributed by atoms with Gasteiger partial charge in [-0.2, -0.15) is 5.10 Å². The van der Waals surface area contributed by atoms with Crippen molar-refractivity contribution in [3.63, 3.8) is 0 Å². The van der Waals surface area contributed by atoms with Crippen LogP contribution in [0.15, 0.2) is 23.2 Å². The number of piperazine rings is 1. The second kappa shape index (κ2) is 8.52. The number of aliphatic imine (C=N–C) groups is 1. The van der Waals surface area contributed by atoms with Crippen molar-refractivity contribution in [1.29, 1.82) is 5.41 Å². The predicted molar refractivity (Wildman–Crippen MR) is 114 cm³/mol. The zero-order chi connectivity index (χ0) is 21.1. The van der Waals surface area contributed by atoms with Crippen LogP contribution in [-0.2, 0) is 11.3 Å². The average molecular weight is 418 g/mol. The van der Waals surface area contributed by atoms with E-state index in [1.165, 1.54) is 4.68 Å². The Kier molecular flexibility index (Phi) is 6.07. The number of nitrogens with zero attached hydrogens (tertiary/aromatic N) is 5. The molecule has 1 amide bonds. The standard InChI is InChI=1S/C19H24ClN7O2/c1-12-17(18(21)22)24-27(19(12)23-2)11-16(28)26-8-6-25(7-9-26)13-4-5-14(20)15(10-13)29-3/h4-5,10H,2,6-9,11H2,1,3H3,(H3,21,22). The molecule has 154 valence electrons. The molecule has 0 bridgehead atoms. The highest BCUT2D eigenvalue weighted by Crippen LogP contribution is 2.30. The summed E-state index contributed by atoms with van der Waals surface area (Å²) in [5.41, 5.74) is 7.52. The molecule has 1 aromatic heterocycles. The molecule has 0 aliphatic carbocycles. The van der Waals surface area contributed by atoms with E-state index in [1.54, 1.807) is 18.9 Å². The molecule has 1 aromatic carbocycles. The number of carbonyl (C=O) groups excluding carboxylic acids is 1. The number of hydrogen-bond donors (Lipinski definition) is 2. The highest BCUT2D eigenvalue weighted by Gasteiger charge is 2.24. The molecule has 0 spiro atoms. The quantitative estimate of drug-likeness (QED) is 0.549. The van der Waals surface area contributed by atoms with Crippen LogP contribution in [0.2, 0.25) is 5.02 Å². The summed E-state index contributed by atoms with van der Waals surface area (Å²) in [6.07, 6.45) is 0. The number of halogens is 1. The first-order chi connectivity index (χ1) is 13.8. The summed E-state index contributed by atoms with van der Waals surface area (Å²) in [5.74, 6) is 0.851. The van der Waals surface area contributed by atoms with Crippen molar-refractivity contribution in [3.05, 3.63) is 34.5 Å². The zero-order valence-corrected chi connectivity index (χ0v) is 17.2. The first-order valence-corrected chi connectivity index (χ1v) is 9.48. The van der Waals surface area contributed by atoms with Crippen molar-refractivity contribution >= 4 is 41.6 Å². The van der Waals surface area contributed by atoms with Crippen LogP contribution < -0.4 is 15.4 Å². The van der Waals surface area contributed by atoms with Crippen LogP contribution in [0.1, 0.15) is 11.3 Å². The van der Waals surface area contributed by atoms with Gasteiger partial charge in [-0.25, -0.2) is 9.67 Å². The van der Waals surface area contributed by atoms with Gasteiger partial charge in [-0.15, -0.1) is 0 Å². The Bertz CT molecular complexity index is 948. The summed E-state index contributed by atoms with van der Waals surface area (Å²) in [6, 6.07) is 5.65. The number of amidine groups is 1. The summed E-state index contributed by atoms with van der Waals surface area (Å²) in [5, 5.41) is 12.4. The highest BCUT2D eigenvalue weighted by atomic mass is 35.5. The summed E-state index contributed by atoms with van der Waals surface area (Å²) in [6.45, 7) is 7.87. The molecular weight excluding hydrogens is 394 g/mol. The molecule has 0 saturated carbocycles. The van der Waals surface area contributed by atoms with E-state index < -0.39 is 0 Å². The second-order valence-electron chi connectivity index (χ2n) is 6.71. The van der Waals surface area contributed by atoms with Gasteiger partial charge in [0.2, 0.25) is 5.91 Å². The maximum Gasteiger partial charge on any atom is 0.244 e. The Hall–Kier alpha value is -3.07. The molecule has 9 nitrogen and oxygen atoms in total. The van der Waals surface area contributed by atoms with Gasteiger partial charge in [0.1, 0.15) is 23.8 Å². The van der Waals surface area contributed by atoms with Gasteiger partial charge in [-0.05, 0) is 25.8 Å². The summed E-state index contributed by atoms with van der Waals surface area (Å²) >= 11 is 6.10. The van der Waals surface area contributed by atoms with Crippen LogP contribution in [0.25, 0.3) is 0 Å². The third-order valence-corrected chi connectivity index (χ3v) is 5.29. The van der Waals surface area contributed by atoms with Gasteiger partial charge >= 0.3 is 0 Å². The number of nitrogens with two attached hydrogens (primary N) is 1. The fourth-order valence-corrected chi connectivity index (χ4v) is 3.59. The molecule has 1 saturated heterocycles. The lowest BCUT2D eigenvalue weighted by Crippen LogP contribution is -2.49. The van der Waals surface area contributed by atoms with Crippen LogP contribution in [0.5, 0.6) is 5.75 Å². The van der Waals surface area contributed by atoms with E-state index >= 15 is 0 Å². The summed E-state index contributed by atoms with van der Waals surface area (Å²) < 4.78 is 6.74. The molecule has 29 heavy (non-hydrogen) atoms. The Morgan fingerprint density at radius 1 is 1.38 bits per heavy atom. The molecule has 2 aromatic rings. The van der Waals surface area contributed by atoms with Gasteiger partial charge in [0.05, 0.1) is 12.1 Å². The van der Waals surface area contributed by atoms with Crippen LogP contribution >= 0.6 is 11.6 Å². The van der Waals surface area contributed by atoms with Crippen molar-refractivity contribution in [2.45, 2.75) is 13.5 Å². The SMILES string of the molecule is C=Nc1c(C)c(C(=N)N)nn1CC(=O)N1CCN(c2ccc(Cl)c(OC)c2)CC1. The fraction of sp³-hybridized carbons (Fsp3) is 0.368. The smallest absolute Gasteiger partial charge is 0.244 e. The van der Waals surface area contributed by atoms with Crippen LogP contribution in [0.4, 0.5) is 11.5 Å². The number of hydrogen-bond acceptors (Lipinski definition) is 6. The van der Waals surface area contributed by atoms with E-state index in [4.69, 9.17) is 27.5 Å². The lowest BCUT2D eigenvalue weighted by molar-refractivity contribution is -0.132. The lowest BCUT2D eigenvalue weighted by atomic mass is 10.2. The van der Waals surface area contributed by atoms with E-state index in [1.807, 2.05) is 18.2 Å².